The van der Waals surface area contributed by atoms with Gasteiger partial charge in [-0.3, -0.25) is 9.36 Å². The molecule has 25 heavy (non-hydrogen) atoms. The van der Waals surface area contributed by atoms with Crippen LogP contribution < -0.4 is 5.73 Å². The van der Waals surface area contributed by atoms with Crippen LogP contribution in [0.2, 0.25) is 5.02 Å². The molecule has 2 N–H and O–H groups in total. The molecule has 0 aliphatic rings. The summed E-state index contributed by atoms with van der Waals surface area (Å²) in [7, 11) is 1.37. The molecule has 5 nitrogen and oxygen atoms in total. The molecule has 0 saturated heterocycles. The number of anilines is 1. The van der Waals surface area contributed by atoms with Crippen LogP contribution in [0.5, 0.6) is 0 Å². The first-order chi connectivity index (χ1) is 11.9. The number of nitrogen functional groups attached to an aromatic ring is 1. The Morgan fingerprint density at radius 1 is 1.32 bits per heavy atom. The Balaban J connectivity index is 2.27. The van der Waals surface area contributed by atoms with Gasteiger partial charge in [0.25, 0.3) is 5.91 Å². The Morgan fingerprint density at radius 3 is 2.72 bits per heavy atom. The lowest BCUT2D eigenvalue weighted by atomic mass is 10.1. The van der Waals surface area contributed by atoms with Gasteiger partial charge in [-0.15, -0.1) is 0 Å². The fraction of sp³-hybridized carbons (Fsp3) is 0.176. The second-order valence-electron chi connectivity index (χ2n) is 5.46. The van der Waals surface area contributed by atoms with Gasteiger partial charge in [0, 0.05) is 24.3 Å². The van der Waals surface area contributed by atoms with E-state index in [1.165, 1.54) is 19.4 Å². The van der Waals surface area contributed by atoms with Crippen molar-refractivity contribution in [3.63, 3.8) is 0 Å². The Bertz CT molecular complexity index is 1000. The van der Waals surface area contributed by atoms with Gasteiger partial charge in [-0.2, -0.15) is 0 Å². The molecule has 0 aliphatic carbocycles. The number of hydrogen-bond donors (Lipinski definition) is 1. The topological polar surface area (TPSA) is 70.1 Å². The van der Waals surface area contributed by atoms with Crippen molar-refractivity contribution in [3.05, 3.63) is 46.7 Å². The summed E-state index contributed by atoms with van der Waals surface area (Å²) < 4.78 is 35.5. The Labute approximate surface area is 147 Å². The summed E-state index contributed by atoms with van der Waals surface area (Å²) in [6.45, 7) is 1.33. The smallest absolute Gasteiger partial charge is 0.257 e. The average molecular weight is 366 g/mol. The summed E-state index contributed by atoms with van der Waals surface area (Å²) in [4.78, 5) is 16.1. The molecule has 0 saturated carbocycles. The zero-order valence-electron chi connectivity index (χ0n) is 13.4. The van der Waals surface area contributed by atoms with Gasteiger partial charge < -0.3 is 10.5 Å². The van der Waals surface area contributed by atoms with Crippen LogP contribution in [0.25, 0.3) is 22.2 Å². The highest BCUT2D eigenvalue weighted by atomic mass is 35.5. The molecular formula is C17H14ClF2N3O2. The molecule has 0 unspecified atom stereocenters. The lowest BCUT2D eigenvalue weighted by Gasteiger charge is -2.11. The number of carbonyl (C=O) groups excluding carboxylic acids is 1. The number of benzene rings is 1. The van der Waals surface area contributed by atoms with E-state index in [1.807, 2.05) is 0 Å². The van der Waals surface area contributed by atoms with Crippen molar-refractivity contribution >= 4 is 34.1 Å². The molecule has 0 fully saturated rings. The van der Waals surface area contributed by atoms with Gasteiger partial charge in [0.15, 0.2) is 11.6 Å². The Morgan fingerprint density at radius 2 is 2.04 bits per heavy atom. The van der Waals surface area contributed by atoms with E-state index in [-0.39, 0.29) is 39.8 Å². The molecule has 1 aromatic carbocycles. The molecular weight excluding hydrogens is 352 g/mol. The molecule has 3 rings (SSSR count). The zero-order valence-corrected chi connectivity index (χ0v) is 14.2. The maximum atomic E-state index is 15.1. The van der Waals surface area contributed by atoms with Crippen LogP contribution in [-0.4, -0.2) is 29.2 Å². The molecule has 8 heteroatoms. The summed E-state index contributed by atoms with van der Waals surface area (Å²) in [6.07, 6.45) is 1.43. The second-order valence-corrected chi connectivity index (χ2v) is 5.84. The molecule has 0 radical (unpaired) electrons. The van der Waals surface area contributed by atoms with Crippen molar-refractivity contribution in [1.29, 1.82) is 0 Å². The van der Waals surface area contributed by atoms with Gasteiger partial charge in [-0.1, -0.05) is 17.7 Å². The standard InChI is InChI=1S/C17H14ClF2N3O2/c1-8-12(18)15(21)14(20)16(22-8)10-4-3-9-5-6-23(11(24)7-25-2)17(9)13(10)19/h3-6H,7H2,1-2H3,(H2,21,22). The van der Waals surface area contributed by atoms with Crippen LogP contribution in [0.1, 0.15) is 10.5 Å². The number of halogens is 3. The second kappa shape index (κ2) is 6.42. The van der Waals surface area contributed by atoms with Crippen molar-refractivity contribution < 1.29 is 18.3 Å². The maximum Gasteiger partial charge on any atom is 0.257 e. The third-order valence-corrected chi connectivity index (χ3v) is 4.34. The van der Waals surface area contributed by atoms with Crippen LogP contribution in [-0.2, 0) is 4.74 Å². The number of nitrogens with zero attached hydrogens (tertiary/aromatic N) is 2. The highest BCUT2D eigenvalue weighted by Gasteiger charge is 2.22. The number of aryl methyl sites for hydroxylation is 1. The van der Waals surface area contributed by atoms with Crippen molar-refractivity contribution in [3.8, 4) is 11.3 Å². The van der Waals surface area contributed by atoms with Crippen LogP contribution in [0.3, 0.4) is 0 Å². The fourth-order valence-corrected chi connectivity index (χ4v) is 2.76. The van der Waals surface area contributed by atoms with Crippen LogP contribution in [0, 0.1) is 18.6 Å². The summed E-state index contributed by atoms with van der Waals surface area (Å²) in [6, 6.07) is 4.55. The highest BCUT2D eigenvalue weighted by molar-refractivity contribution is 6.33. The lowest BCUT2D eigenvalue weighted by Crippen LogP contribution is -2.15. The molecule has 0 spiro atoms. The first-order valence-electron chi connectivity index (χ1n) is 7.30. The monoisotopic (exact) mass is 365 g/mol. The summed E-state index contributed by atoms with van der Waals surface area (Å²) in [5.74, 6) is -2.14. The normalized spacial score (nSPS) is 11.2. The number of hydrogen-bond acceptors (Lipinski definition) is 4. The number of carbonyl (C=O) groups is 1. The van der Waals surface area contributed by atoms with Gasteiger partial charge in [-0.25, -0.2) is 13.8 Å². The van der Waals surface area contributed by atoms with Gasteiger partial charge in [0.1, 0.15) is 12.3 Å². The Hall–Kier alpha value is -2.51. The lowest BCUT2D eigenvalue weighted by molar-refractivity contribution is 0.0767. The van der Waals surface area contributed by atoms with E-state index in [2.05, 4.69) is 4.98 Å². The first kappa shape index (κ1) is 17.3. The van der Waals surface area contributed by atoms with Crippen LogP contribution in [0.4, 0.5) is 14.5 Å². The first-order valence-corrected chi connectivity index (χ1v) is 7.67. The van der Waals surface area contributed by atoms with E-state index < -0.39 is 17.5 Å². The van der Waals surface area contributed by atoms with Gasteiger partial charge in [-0.05, 0) is 19.1 Å². The quantitative estimate of drug-likeness (QED) is 0.766. The van der Waals surface area contributed by atoms with Crippen molar-refractivity contribution in [2.75, 3.05) is 19.5 Å². The number of methoxy groups -OCH3 is 1. The van der Waals surface area contributed by atoms with Crippen molar-refractivity contribution in [1.82, 2.24) is 9.55 Å². The summed E-state index contributed by atoms with van der Waals surface area (Å²) in [5, 5.41) is 0.478. The zero-order chi connectivity index (χ0) is 18.3. The minimum absolute atomic E-state index is 0.0126. The van der Waals surface area contributed by atoms with E-state index in [0.717, 1.165) is 4.57 Å². The van der Waals surface area contributed by atoms with E-state index in [4.69, 9.17) is 22.1 Å². The molecule has 0 aliphatic heterocycles. The van der Waals surface area contributed by atoms with Crippen molar-refractivity contribution in [2.45, 2.75) is 6.92 Å². The number of pyridine rings is 1. The third kappa shape index (κ3) is 2.75. The SMILES string of the molecule is COCC(=O)n1ccc2ccc(-c3nc(C)c(Cl)c(N)c3F)c(F)c21. The average Bonchev–Trinajstić information content (AvgIpc) is 3.02. The molecule has 0 atom stereocenters. The molecule has 2 aromatic heterocycles. The van der Waals surface area contributed by atoms with Gasteiger partial charge in [0.2, 0.25) is 0 Å². The number of ether oxygens (including phenoxy) is 1. The van der Waals surface area contributed by atoms with Crippen molar-refractivity contribution in [2.24, 2.45) is 0 Å². The molecule has 130 valence electrons. The molecule has 3 aromatic rings. The van der Waals surface area contributed by atoms with Crippen LogP contribution in [0.15, 0.2) is 24.4 Å². The molecule has 0 bridgehead atoms. The van der Waals surface area contributed by atoms with Gasteiger partial charge >= 0.3 is 0 Å². The predicted octanol–water partition coefficient (Wildman–Crippen LogP) is 3.81. The molecule has 2 heterocycles. The number of nitrogens with two attached hydrogens (primary N) is 1. The highest BCUT2D eigenvalue weighted by Crippen LogP contribution is 2.35. The number of aromatic nitrogens is 2. The minimum Gasteiger partial charge on any atom is -0.395 e. The fourth-order valence-electron chi connectivity index (χ4n) is 2.64. The minimum atomic E-state index is -0.907. The van der Waals surface area contributed by atoms with E-state index in [0.29, 0.717) is 5.39 Å². The largest absolute Gasteiger partial charge is 0.395 e. The Kier molecular flexibility index (Phi) is 4.45. The summed E-state index contributed by atoms with van der Waals surface area (Å²) in [5.41, 5.74) is 5.27. The van der Waals surface area contributed by atoms with Crippen LogP contribution >= 0.6 is 11.6 Å². The van der Waals surface area contributed by atoms with E-state index >= 15 is 4.39 Å². The predicted molar refractivity (Wildman–Crippen MR) is 91.7 cm³/mol. The van der Waals surface area contributed by atoms with E-state index in [1.54, 1.807) is 19.1 Å². The third-order valence-electron chi connectivity index (χ3n) is 3.86. The van der Waals surface area contributed by atoms with Gasteiger partial charge in [0.05, 0.1) is 21.9 Å². The number of fused-ring (bicyclic) bond motifs is 1. The maximum absolute atomic E-state index is 15.1. The molecule has 0 amide bonds. The summed E-state index contributed by atoms with van der Waals surface area (Å²) >= 11 is 5.88. The number of rotatable bonds is 3. The van der Waals surface area contributed by atoms with E-state index in [9.17, 15) is 9.18 Å².